The normalized spacial score (nSPS) is 33.9. The summed E-state index contributed by atoms with van der Waals surface area (Å²) in [5.41, 5.74) is 4.95. The van der Waals surface area contributed by atoms with Crippen molar-refractivity contribution >= 4 is 5.91 Å². The maximum atomic E-state index is 11.7. The quantitative estimate of drug-likeness (QED) is 0.769. The van der Waals surface area contributed by atoms with Gasteiger partial charge in [-0.25, -0.2) is 0 Å². The van der Waals surface area contributed by atoms with Crippen LogP contribution in [0.3, 0.4) is 0 Å². The number of hydrogen-bond acceptors (Lipinski definition) is 2. The van der Waals surface area contributed by atoms with Crippen LogP contribution in [0.25, 0.3) is 0 Å². The molecule has 2 aliphatic rings. The Labute approximate surface area is 115 Å². The predicted molar refractivity (Wildman–Crippen MR) is 76.3 cm³/mol. The van der Waals surface area contributed by atoms with Crippen molar-refractivity contribution in [1.82, 2.24) is 0 Å². The van der Waals surface area contributed by atoms with E-state index >= 15 is 0 Å². The average molecular weight is 263 g/mol. The monoisotopic (exact) mass is 263 g/mol. The molecule has 3 nitrogen and oxygen atoms in total. The SMILES string of the molecule is CC1(C(O)C2CCCCCC2)C=CC=CC1C(N)=O. The van der Waals surface area contributed by atoms with E-state index < -0.39 is 17.4 Å². The first-order valence-corrected chi connectivity index (χ1v) is 7.39. The topological polar surface area (TPSA) is 63.3 Å². The highest BCUT2D eigenvalue weighted by molar-refractivity contribution is 5.80. The molecule has 2 rings (SSSR count). The molecule has 0 radical (unpaired) electrons. The van der Waals surface area contributed by atoms with Gasteiger partial charge in [0.1, 0.15) is 0 Å². The fraction of sp³-hybridized carbons (Fsp3) is 0.688. The third-order valence-corrected chi connectivity index (χ3v) is 4.83. The molecule has 0 aromatic rings. The third kappa shape index (κ3) is 2.92. The van der Waals surface area contributed by atoms with Crippen LogP contribution in [0.4, 0.5) is 0 Å². The van der Waals surface area contributed by atoms with Crippen molar-refractivity contribution in [2.24, 2.45) is 23.0 Å². The molecule has 0 aliphatic heterocycles. The summed E-state index contributed by atoms with van der Waals surface area (Å²) >= 11 is 0. The number of carbonyl (C=O) groups is 1. The summed E-state index contributed by atoms with van der Waals surface area (Å²) in [6, 6.07) is 0. The van der Waals surface area contributed by atoms with Crippen molar-refractivity contribution in [2.75, 3.05) is 0 Å². The van der Waals surface area contributed by atoms with Crippen LogP contribution in [0.2, 0.25) is 0 Å². The molecule has 2 aliphatic carbocycles. The van der Waals surface area contributed by atoms with Gasteiger partial charge in [0.2, 0.25) is 5.91 Å². The largest absolute Gasteiger partial charge is 0.392 e. The Morgan fingerprint density at radius 3 is 2.47 bits per heavy atom. The van der Waals surface area contributed by atoms with Gasteiger partial charge in [-0.2, -0.15) is 0 Å². The van der Waals surface area contributed by atoms with Crippen molar-refractivity contribution < 1.29 is 9.90 Å². The lowest BCUT2D eigenvalue weighted by Gasteiger charge is -2.41. The van der Waals surface area contributed by atoms with Crippen molar-refractivity contribution in [3.8, 4) is 0 Å². The highest BCUT2D eigenvalue weighted by atomic mass is 16.3. The number of carbonyl (C=O) groups excluding carboxylic acids is 1. The summed E-state index contributed by atoms with van der Waals surface area (Å²) < 4.78 is 0. The molecular formula is C16H25NO2. The van der Waals surface area contributed by atoms with Gasteiger partial charge in [0.15, 0.2) is 0 Å². The van der Waals surface area contributed by atoms with Crippen LogP contribution in [0, 0.1) is 17.3 Å². The van der Waals surface area contributed by atoms with Gasteiger partial charge in [-0.15, -0.1) is 0 Å². The number of aliphatic hydroxyl groups is 1. The Morgan fingerprint density at radius 2 is 1.89 bits per heavy atom. The molecule has 0 spiro atoms. The molecule has 106 valence electrons. The fourth-order valence-electron chi connectivity index (χ4n) is 3.57. The van der Waals surface area contributed by atoms with E-state index in [-0.39, 0.29) is 11.8 Å². The number of allylic oxidation sites excluding steroid dienone is 2. The van der Waals surface area contributed by atoms with Crippen molar-refractivity contribution in [3.05, 3.63) is 24.3 Å². The van der Waals surface area contributed by atoms with Gasteiger partial charge in [-0.05, 0) is 18.8 Å². The van der Waals surface area contributed by atoms with Gasteiger partial charge in [-0.3, -0.25) is 4.79 Å². The zero-order valence-electron chi connectivity index (χ0n) is 11.7. The lowest BCUT2D eigenvalue weighted by molar-refractivity contribution is -0.126. The summed E-state index contributed by atoms with van der Waals surface area (Å²) in [5.74, 6) is -0.475. The lowest BCUT2D eigenvalue weighted by Crippen LogP contribution is -2.47. The Hall–Kier alpha value is -1.09. The second-order valence-corrected chi connectivity index (χ2v) is 6.19. The molecule has 3 atom stereocenters. The fourth-order valence-corrected chi connectivity index (χ4v) is 3.57. The van der Waals surface area contributed by atoms with Crippen molar-refractivity contribution in [3.63, 3.8) is 0 Å². The van der Waals surface area contributed by atoms with Crippen LogP contribution in [-0.2, 0) is 4.79 Å². The Morgan fingerprint density at radius 1 is 1.26 bits per heavy atom. The molecule has 3 heteroatoms. The third-order valence-electron chi connectivity index (χ3n) is 4.83. The standard InChI is InChI=1S/C16H25NO2/c1-16(11-7-6-10-13(16)15(17)19)14(18)12-8-4-2-3-5-9-12/h6-7,10-14,18H,2-5,8-9H2,1H3,(H2,17,19). The number of rotatable bonds is 3. The summed E-state index contributed by atoms with van der Waals surface area (Å²) in [5, 5.41) is 10.8. The molecule has 0 aromatic heterocycles. The molecule has 0 heterocycles. The van der Waals surface area contributed by atoms with Crippen LogP contribution in [0.1, 0.15) is 45.4 Å². The van der Waals surface area contributed by atoms with Gasteiger partial charge < -0.3 is 10.8 Å². The summed E-state index contributed by atoms with van der Waals surface area (Å²) in [4.78, 5) is 11.7. The summed E-state index contributed by atoms with van der Waals surface area (Å²) in [6.07, 6.45) is 14.0. The van der Waals surface area contributed by atoms with E-state index in [9.17, 15) is 9.90 Å². The van der Waals surface area contributed by atoms with Gasteiger partial charge in [0, 0.05) is 5.41 Å². The first-order chi connectivity index (χ1) is 9.05. The van der Waals surface area contributed by atoms with E-state index in [1.165, 1.54) is 25.7 Å². The zero-order valence-corrected chi connectivity index (χ0v) is 11.7. The Bertz CT molecular complexity index is 380. The molecular weight excluding hydrogens is 238 g/mol. The van der Waals surface area contributed by atoms with E-state index in [0.717, 1.165) is 12.8 Å². The molecule has 0 bridgehead atoms. The Kier molecular flexibility index (Phi) is 4.46. The second-order valence-electron chi connectivity index (χ2n) is 6.19. The van der Waals surface area contributed by atoms with Crippen molar-refractivity contribution in [2.45, 2.75) is 51.6 Å². The molecule has 0 aromatic carbocycles. The number of aliphatic hydroxyl groups excluding tert-OH is 1. The average Bonchev–Trinajstić information content (AvgIpc) is 2.66. The van der Waals surface area contributed by atoms with Gasteiger partial charge >= 0.3 is 0 Å². The molecule has 3 N–H and O–H groups in total. The van der Waals surface area contributed by atoms with Gasteiger partial charge in [0.05, 0.1) is 12.0 Å². The van der Waals surface area contributed by atoms with Crippen LogP contribution in [0.15, 0.2) is 24.3 Å². The van der Waals surface area contributed by atoms with Crippen LogP contribution in [-0.4, -0.2) is 17.1 Å². The minimum Gasteiger partial charge on any atom is -0.392 e. The minimum absolute atomic E-state index is 0.283. The van der Waals surface area contributed by atoms with Crippen LogP contribution < -0.4 is 5.73 Å². The molecule has 3 unspecified atom stereocenters. The number of nitrogens with two attached hydrogens (primary N) is 1. The molecule has 19 heavy (non-hydrogen) atoms. The molecule has 1 saturated carbocycles. The zero-order chi connectivity index (χ0) is 13.9. The van der Waals surface area contributed by atoms with Gasteiger partial charge in [0.25, 0.3) is 0 Å². The number of primary amides is 1. The maximum absolute atomic E-state index is 11.7. The number of hydrogen-bond donors (Lipinski definition) is 2. The van der Waals surface area contributed by atoms with E-state index in [1.54, 1.807) is 0 Å². The molecule has 0 saturated heterocycles. The van der Waals surface area contributed by atoms with E-state index in [2.05, 4.69) is 0 Å². The second kappa shape index (κ2) is 5.91. The minimum atomic E-state index is -0.560. The van der Waals surface area contributed by atoms with Crippen molar-refractivity contribution in [1.29, 1.82) is 0 Å². The van der Waals surface area contributed by atoms with E-state index in [1.807, 2.05) is 31.2 Å². The van der Waals surface area contributed by atoms with E-state index in [0.29, 0.717) is 0 Å². The first-order valence-electron chi connectivity index (χ1n) is 7.39. The summed E-state index contributed by atoms with van der Waals surface area (Å²) in [7, 11) is 0. The van der Waals surface area contributed by atoms with Crippen LogP contribution in [0.5, 0.6) is 0 Å². The maximum Gasteiger partial charge on any atom is 0.225 e. The Balaban J connectivity index is 2.18. The highest BCUT2D eigenvalue weighted by Gasteiger charge is 2.44. The van der Waals surface area contributed by atoms with Crippen LogP contribution >= 0.6 is 0 Å². The molecule has 1 amide bonds. The number of amides is 1. The summed E-state index contributed by atoms with van der Waals surface area (Å²) in [6.45, 7) is 1.96. The highest BCUT2D eigenvalue weighted by Crippen LogP contribution is 2.42. The lowest BCUT2D eigenvalue weighted by atomic mass is 9.65. The van der Waals surface area contributed by atoms with Gasteiger partial charge in [-0.1, -0.05) is 56.9 Å². The first kappa shape index (κ1) is 14.3. The smallest absolute Gasteiger partial charge is 0.225 e. The molecule has 1 fully saturated rings. The predicted octanol–water partition coefficient (Wildman–Crippen LogP) is 2.55. The van der Waals surface area contributed by atoms with E-state index in [4.69, 9.17) is 5.73 Å².